The molecule has 2 aromatic carbocycles. The Kier molecular flexibility index (Phi) is 5.91. The monoisotopic (exact) mass is 477 g/mol. The van der Waals surface area contributed by atoms with Crippen molar-refractivity contribution in [3.63, 3.8) is 0 Å². The van der Waals surface area contributed by atoms with Gasteiger partial charge in [0.1, 0.15) is 16.5 Å². The second-order valence-corrected chi connectivity index (χ2v) is 8.09. The number of aromatic nitrogens is 3. The van der Waals surface area contributed by atoms with Gasteiger partial charge >= 0.3 is 5.88 Å². The van der Waals surface area contributed by atoms with Crippen LogP contribution in [0.5, 0.6) is 5.88 Å². The number of benzene rings is 2. The van der Waals surface area contributed by atoms with Gasteiger partial charge in [-0.3, -0.25) is 10.1 Å². The van der Waals surface area contributed by atoms with Crippen molar-refractivity contribution in [2.24, 2.45) is 0 Å². The van der Waals surface area contributed by atoms with Gasteiger partial charge in [-0.05, 0) is 35.9 Å². The summed E-state index contributed by atoms with van der Waals surface area (Å²) in [6.07, 6.45) is 2.55. The third kappa shape index (κ3) is 4.59. The molecule has 0 saturated carbocycles. The summed E-state index contributed by atoms with van der Waals surface area (Å²) >= 11 is 1.24. The van der Waals surface area contributed by atoms with Gasteiger partial charge in [0.2, 0.25) is 11.0 Å². The van der Waals surface area contributed by atoms with E-state index >= 15 is 0 Å². The number of rotatable bonds is 6. The molecule has 0 fully saturated rings. The van der Waals surface area contributed by atoms with Gasteiger partial charge in [0.25, 0.3) is 0 Å². The minimum Gasteiger partial charge on any atom is -0.448 e. The molecule has 1 atom stereocenters. The average molecular weight is 477 g/mol. The summed E-state index contributed by atoms with van der Waals surface area (Å²) in [5.41, 5.74) is 2.51. The first-order valence-electron chi connectivity index (χ1n) is 10.1. The average Bonchev–Trinajstić information content (AvgIpc) is 3.26. The molecule has 1 unspecified atom stereocenters. The molecule has 0 bridgehead atoms. The Labute approximate surface area is 196 Å². The Balaban J connectivity index is 1.42. The van der Waals surface area contributed by atoms with E-state index in [0.29, 0.717) is 27.9 Å². The van der Waals surface area contributed by atoms with Crippen LogP contribution in [0.1, 0.15) is 11.3 Å². The summed E-state index contributed by atoms with van der Waals surface area (Å²) < 4.78 is 25.2. The number of fused-ring (bicyclic) bond motifs is 3. The van der Waals surface area contributed by atoms with Crippen LogP contribution in [-0.4, -0.2) is 26.3 Å². The molecule has 0 amide bonds. The standard InChI is InChI=1S/C23H16FN5O4S/c24-17-7-3-1-5-14(17)13-34-23-26-22-21(27-28-23)16-6-2-4-8-18(16)25-19(33-22)11-9-15-10-12-20(32-15)29(30)31/h1-12,19,25H,13H2. The first-order chi connectivity index (χ1) is 16.6. The fourth-order valence-corrected chi connectivity index (χ4v) is 4.05. The van der Waals surface area contributed by atoms with E-state index in [1.165, 1.54) is 30.0 Å². The molecule has 1 N–H and O–H groups in total. The zero-order chi connectivity index (χ0) is 23.5. The quantitative estimate of drug-likeness (QED) is 0.224. The largest absolute Gasteiger partial charge is 0.448 e. The van der Waals surface area contributed by atoms with Gasteiger partial charge in [-0.2, -0.15) is 4.98 Å². The van der Waals surface area contributed by atoms with Crippen molar-refractivity contribution in [2.75, 3.05) is 5.32 Å². The molecular formula is C23H16FN5O4S. The Hall–Kier alpha value is -4.25. The van der Waals surface area contributed by atoms with E-state index in [2.05, 4.69) is 20.5 Å². The molecule has 0 saturated heterocycles. The molecule has 0 aliphatic carbocycles. The number of nitrogens with one attached hydrogen (secondary N) is 1. The molecule has 0 spiro atoms. The van der Waals surface area contributed by atoms with Gasteiger partial charge in [-0.1, -0.05) is 48.2 Å². The van der Waals surface area contributed by atoms with Crippen molar-refractivity contribution in [2.45, 2.75) is 17.1 Å². The van der Waals surface area contributed by atoms with Crippen molar-refractivity contribution in [1.82, 2.24) is 15.2 Å². The SMILES string of the molecule is O=[N+]([O-])c1ccc(C=CC2Nc3ccccc3-c3nnc(SCc4ccccc4F)nc3O2)o1. The van der Waals surface area contributed by atoms with E-state index in [9.17, 15) is 14.5 Å². The summed E-state index contributed by atoms with van der Waals surface area (Å²) in [5.74, 6) is 0.247. The third-order valence-corrected chi connectivity index (χ3v) is 5.78. The Bertz CT molecular complexity index is 1390. The van der Waals surface area contributed by atoms with Crippen LogP contribution in [0.25, 0.3) is 17.3 Å². The van der Waals surface area contributed by atoms with Crippen molar-refractivity contribution < 1.29 is 18.5 Å². The number of thioether (sulfide) groups is 1. The van der Waals surface area contributed by atoms with Gasteiger partial charge in [-0.15, -0.1) is 10.2 Å². The highest BCUT2D eigenvalue weighted by Crippen LogP contribution is 2.36. The molecule has 1 aliphatic heterocycles. The third-order valence-electron chi connectivity index (χ3n) is 4.90. The maximum absolute atomic E-state index is 14.0. The number of halogens is 1. The van der Waals surface area contributed by atoms with Crippen LogP contribution < -0.4 is 10.1 Å². The maximum atomic E-state index is 14.0. The topological polar surface area (TPSA) is 116 Å². The lowest BCUT2D eigenvalue weighted by molar-refractivity contribution is -0.402. The zero-order valence-corrected chi connectivity index (χ0v) is 18.2. The summed E-state index contributed by atoms with van der Waals surface area (Å²) in [6, 6.07) is 16.8. The van der Waals surface area contributed by atoms with Gasteiger partial charge in [0.15, 0.2) is 11.9 Å². The van der Waals surface area contributed by atoms with Gasteiger partial charge in [-0.25, -0.2) is 4.39 Å². The van der Waals surface area contributed by atoms with Crippen LogP contribution in [-0.2, 0) is 5.75 Å². The normalized spacial score (nSPS) is 14.6. The maximum Gasteiger partial charge on any atom is 0.433 e. The van der Waals surface area contributed by atoms with Gasteiger partial charge in [0.05, 0.1) is 6.07 Å². The second kappa shape index (κ2) is 9.32. The number of nitro groups is 1. The highest BCUT2D eigenvalue weighted by atomic mass is 32.2. The minimum atomic E-state index is -0.673. The van der Waals surface area contributed by atoms with Crippen molar-refractivity contribution >= 4 is 29.4 Å². The van der Waals surface area contributed by atoms with Crippen molar-refractivity contribution in [3.8, 4) is 17.1 Å². The van der Waals surface area contributed by atoms with Crippen LogP contribution >= 0.6 is 11.8 Å². The molecule has 5 rings (SSSR count). The molecule has 11 heteroatoms. The van der Waals surface area contributed by atoms with Gasteiger partial charge < -0.3 is 14.5 Å². The number of furan rings is 1. The molecule has 9 nitrogen and oxygen atoms in total. The number of hydrogen-bond acceptors (Lipinski definition) is 9. The highest BCUT2D eigenvalue weighted by Gasteiger charge is 2.24. The summed E-state index contributed by atoms with van der Waals surface area (Å²) in [6.45, 7) is 0. The molecule has 3 heterocycles. The molecule has 34 heavy (non-hydrogen) atoms. The lowest BCUT2D eigenvalue weighted by Gasteiger charge is -2.15. The lowest BCUT2D eigenvalue weighted by Crippen LogP contribution is -2.23. The Morgan fingerprint density at radius 3 is 2.76 bits per heavy atom. The molecule has 2 aromatic heterocycles. The number of ether oxygens (including phenoxy) is 1. The van der Waals surface area contributed by atoms with E-state index < -0.39 is 11.2 Å². The number of hydrogen-bond donors (Lipinski definition) is 1. The van der Waals surface area contributed by atoms with Crippen LogP contribution in [0.15, 0.2) is 76.3 Å². The van der Waals surface area contributed by atoms with Crippen LogP contribution in [0, 0.1) is 15.9 Å². The fourth-order valence-electron chi connectivity index (χ4n) is 3.29. The molecule has 1 aliphatic rings. The summed E-state index contributed by atoms with van der Waals surface area (Å²) in [7, 11) is 0. The van der Waals surface area contributed by atoms with Crippen LogP contribution in [0.3, 0.4) is 0 Å². The number of anilines is 1. The predicted molar refractivity (Wildman–Crippen MR) is 124 cm³/mol. The summed E-state index contributed by atoms with van der Waals surface area (Å²) in [5, 5.41) is 22.9. The van der Waals surface area contributed by atoms with Crippen LogP contribution in [0.2, 0.25) is 0 Å². The molecule has 4 aromatic rings. The highest BCUT2D eigenvalue weighted by molar-refractivity contribution is 7.98. The molecular weight excluding hydrogens is 461 g/mol. The van der Waals surface area contributed by atoms with E-state index in [1.807, 2.05) is 24.3 Å². The Morgan fingerprint density at radius 1 is 1.12 bits per heavy atom. The number of nitrogens with zero attached hydrogens (tertiary/aromatic N) is 4. The predicted octanol–water partition coefficient (Wildman–Crippen LogP) is 5.32. The molecule has 170 valence electrons. The second-order valence-electron chi connectivity index (χ2n) is 7.15. The fraction of sp³-hybridized carbons (Fsp3) is 0.0870. The lowest BCUT2D eigenvalue weighted by atomic mass is 10.1. The van der Waals surface area contributed by atoms with Crippen LogP contribution in [0.4, 0.5) is 16.0 Å². The smallest absolute Gasteiger partial charge is 0.433 e. The van der Waals surface area contributed by atoms with Crippen molar-refractivity contribution in [1.29, 1.82) is 0 Å². The summed E-state index contributed by atoms with van der Waals surface area (Å²) in [4.78, 5) is 14.7. The first kappa shape index (κ1) is 21.6. The molecule has 0 radical (unpaired) electrons. The van der Waals surface area contributed by atoms with E-state index in [0.717, 1.165) is 11.3 Å². The van der Waals surface area contributed by atoms with E-state index in [1.54, 1.807) is 30.4 Å². The van der Waals surface area contributed by atoms with Crippen molar-refractivity contribution in [3.05, 3.63) is 94.0 Å². The zero-order valence-electron chi connectivity index (χ0n) is 17.4. The van der Waals surface area contributed by atoms with E-state index in [-0.39, 0.29) is 17.6 Å². The number of para-hydroxylation sites is 1. The Morgan fingerprint density at radius 2 is 1.94 bits per heavy atom. The first-order valence-corrected chi connectivity index (χ1v) is 11.1. The van der Waals surface area contributed by atoms with E-state index in [4.69, 9.17) is 9.15 Å². The minimum absolute atomic E-state index is 0.253. The van der Waals surface area contributed by atoms with Gasteiger partial charge in [0, 0.05) is 17.0 Å².